The van der Waals surface area contributed by atoms with E-state index in [0.717, 1.165) is 0 Å². The second kappa shape index (κ2) is 4.05. The van der Waals surface area contributed by atoms with Crippen molar-refractivity contribution in [1.29, 1.82) is 0 Å². The van der Waals surface area contributed by atoms with Crippen molar-refractivity contribution in [2.75, 3.05) is 6.54 Å². The van der Waals surface area contributed by atoms with Crippen LogP contribution in [0.5, 0.6) is 0 Å². The highest BCUT2D eigenvalue weighted by Crippen LogP contribution is 2.30. The molecule has 0 aliphatic carbocycles. The van der Waals surface area contributed by atoms with Gasteiger partial charge in [0.15, 0.2) is 0 Å². The average Bonchev–Trinajstić information content (AvgIpc) is 2.17. The summed E-state index contributed by atoms with van der Waals surface area (Å²) in [5, 5.41) is 0. The Bertz CT molecular complexity index is 299. The molecule has 0 fully saturated rings. The maximum Gasteiger partial charge on any atom is 0.129 e. The zero-order valence-electron chi connectivity index (χ0n) is 8.48. The van der Waals surface area contributed by atoms with Crippen LogP contribution in [0, 0.1) is 11.6 Å². The molecule has 0 radical (unpaired) electrons. The Hall–Kier alpha value is -0.960. The highest BCUT2D eigenvalue weighted by molar-refractivity contribution is 5.28. The molecule has 14 heavy (non-hydrogen) atoms. The number of hydrogen-bond acceptors (Lipinski definition) is 1. The molecule has 1 atom stereocenters. The molecule has 0 aliphatic heterocycles. The predicted octanol–water partition coefficient (Wildman–Crippen LogP) is 2.59. The molecule has 0 spiro atoms. The first-order chi connectivity index (χ1) is 6.55. The lowest BCUT2D eigenvalue weighted by molar-refractivity contribution is 0.411. The summed E-state index contributed by atoms with van der Waals surface area (Å²) in [6.07, 6.45) is 0.612. The molecule has 0 aromatic heterocycles. The second-order valence-corrected chi connectivity index (χ2v) is 3.71. The third-order valence-corrected chi connectivity index (χ3v) is 2.80. The Morgan fingerprint density at radius 3 is 2.14 bits per heavy atom. The van der Waals surface area contributed by atoms with E-state index in [9.17, 15) is 8.78 Å². The average molecular weight is 199 g/mol. The van der Waals surface area contributed by atoms with Gasteiger partial charge in [-0.25, -0.2) is 8.78 Å². The van der Waals surface area contributed by atoms with Crippen LogP contribution in [0.2, 0.25) is 0 Å². The number of nitrogens with two attached hydrogens (primary N) is 1. The standard InChI is InChI=1S/C11H15F2N/c1-3-11(2,7-14)10-8(12)5-4-6-9(10)13/h4-6H,3,7,14H2,1-2H3. The van der Waals surface area contributed by atoms with Gasteiger partial charge >= 0.3 is 0 Å². The Kier molecular flexibility index (Phi) is 3.21. The summed E-state index contributed by atoms with van der Waals surface area (Å²) in [6, 6.07) is 3.89. The van der Waals surface area contributed by atoms with E-state index in [1.165, 1.54) is 18.2 Å². The van der Waals surface area contributed by atoms with E-state index < -0.39 is 17.0 Å². The van der Waals surface area contributed by atoms with Gasteiger partial charge in [0, 0.05) is 17.5 Å². The van der Waals surface area contributed by atoms with Crippen molar-refractivity contribution >= 4 is 0 Å². The van der Waals surface area contributed by atoms with Gasteiger partial charge in [-0.15, -0.1) is 0 Å². The van der Waals surface area contributed by atoms with Gasteiger partial charge < -0.3 is 5.73 Å². The number of halogens is 2. The Morgan fingerprint density at radius 1 is 1.29 bits per heavy atom. The van der Waals surface area contributed by atoms with Crippen LogP contribution >= 0.6 is 0 Å². The number of benzene rings is 1. The minimum absolute atomic E-state index is 0.102. The molecular formula is C11H15F2N. The Labute approximate surface area is 82.9 Å². The van der Waals surface area contributed by atoms with Crippen molar-refractivity contribution in [1.82, 2.24) is 0 Å². The molecule has 0 aliphatic rings. The third-order valence-electron chi connectivity index (χ3n) is 2.80. The first-order valence-electron chi connectivity index (χ1n) is 4.69. The fourth-order valence-corrected chi connectivity index (χ4v) is 1.50. The van der Waals surface area contributed by atoms with E-state index in [1.54, 1.807) is 6.92 Å². The van der Waals surface area contributed by atoms with Crippen LogP contribution in [0.3, 0.4) is 0 Å². The number of rotatable bonds is 3. The summed E-state index contributed by atoms with van der Waals surface area (Å²) in [6.45, 7) is 3.88. The first kappa shape index (κ1) is 11.1. The summed E-state index contributed by atoms with van der Waals surface area (Å²) in [4.78, 5) is 0. The molecule has 1 nitrogen and oxygen atoms in total. The summed E-state index contributed by atoms with van der Waals surface area (Å²) in [5.41, 5.74) is 5.04. The van der Waals surface area contributed by atoms with Crippen LogP contribution in [0.25, 0.3) is 0 Å². The monoisotopic (exact) mass is 199 g/mol. The first-order valence-corrected chi connectivity index (χ1v) is 4.69. The maximum atomic E-state index is 13.4. The summed E-state index contributed by atoms with van der Waals surface area (Å²) in [7, 11) is 0. The van der Waals surface area contributed by atoms with Gasteiger partial charge in [-0.3, -0.25) is 0 Å². The van der Waals surface area contributed by atoms with Gasteiger partial charge in [0.25, 0.3) is 0 Å². The molecule has 1 rings (SSSR count). The van der Waals surface area contributed by atoms with Crippen LogP contribution in [-0.4, -0.2) is 6.54 Å². The molecule has 0 heterocycles. The van der Waals surface area contributed by atoms with Crippen LogP contribution in [0.4, 0.5) is 8.78 Å². The van der Waals surface area contributed by atoms with Gasteiger partial charge in [0.2, 0.25) is 0 Å². The summed E-state index contributed by atoms with van der Waals surface area (Å²) in [5.74, 6) is -1.03. The van der Waals surface area contributed by atoms with Crippen molar-refractivity contribution in [3.05, 3.63) is 35.4 Å². The van der Waals surface area contributed by atoms with Gasteiger partial charge in [0.1, 0.15) is 11.6 Å². The molecule has 0 saturated heterocycles. The molecule has 1 aromatic carbocycles. The molecule has 0 amide bonds. The largest absolute Gasteiger partial charge is 0.330 e. The van der Waals surface area contributed by atoms with Crippen molar-refractivity contribution in [2.45, 2.75) is 25.7 Å². The molecule has 1 unspecified atom stereocenters. The van der Waals surface area contributed by atoms with Gasteiger partial charge in [-0.1, -0.05) is 19.9 Å². The predicted molar refractivity (Wildman–Crippen MR) is 53.1 cm³/mol. The highest BCUT2D eigenvalue weighted by Gasteiger charge is 2.29. The van der Waals surface area contributed by atoms with E-state index in [2.05, 4.69) is 0 Å². The molecule has 78 valence electrons. The number of hydrogen-bond donors (Lipinski definition) is 1. The smallest absolute Gasteiger partial charge is 0.129 e. The van der Waals surface area contributed by atoms with Gasteiger partial charge in [-0.2, -0.15) is 0 Å². The lowest BCUT2D eigenvalue weighted by Crippen LogP contribution is -2.33. The fourth-order valence-electron chi connectivity index (χ4n) is 1.50. The highest BCUT2D eigenvalue weighted by atomic mass is 19.1. The molecule has 1 aromatic rings. The normalized spacial score (nSPS) is 15.2. The molecular weight excluding hydrogens is 184 g/mol. The lowest BCUT2D eigenvalue weighted by atomic mass is 9.79. The van der Waals surface area contributed by atoms with Gasteiger partial charge in [-0.05, 0) is 18.6 Å². The molecule has 3 heteroatoms. The Morgan fingerprint density at radius 2 is 1.79 bits per heavy atom. The minimum Gasteiger partial charge on any atom is -0.330 e. The van der Waals surface area contributed by atoms with E-state index in [1.807, 2.05) is 6.92 Å². The zero-order chi connectivity index (χ0) is 10.8. The van der Waals surface area contributed by atoms with Crippen molar-refractivity contribution in [3.63, 3.8) is 0 Å². The SMILES string of the molecule is CCC(C)(CN)c1c(F)cccc1F. The molecule has 0 saturated carbocycles. The molecule has 2 N–H and O–H groups in total. The van der Waals surface area contributed by atoms with E-state index in [-0.39, 0.29) is 12.1 Å². The van der Waals surface area contributed by atoms with Crippen LogP contribution in [-0.2, 0) is 5.41 Å². The van der Waals surface area contributed by atoms with Crippen LogP contribution in [0.1, 0.15) is 25.8 Å². The summed E-state index contributed by atoms with van der Waals surface area (Å²) >= 11 is 0. The van der Waals surface area contributed by atoms with E-state index in [4.69, 9.17) is 5.73 Å². The zero-order valence-corrected chi connectivity index (χ0v) is 8.48. The fraction of sp³-hybridized carbons (Fsp3) is 0.455. The van der Waals surface area contributed by atoms with Gasteiger partial charge in [0.05, 0.1) is 0 Å². The molecule has 0 bridgehead atoms. The van der Waals surface area contributed by atoms with Crippen molar-refractivity contribution in [3.8, 4) is 0 Å². The summed E-state index contributed by atoms with van der Waals surface area (Å²) < 4.78 is 26.8. The maximum absolute atomic E-state index is 13.4. The second-order valence-electron chi connectivity index (χ2n) is 3.71. The quantitative estimate of drug-likeness (QED) is 0.795. The van der Waals surface area contributed by atoms with Crippen LogP contribution in [0.15, 0.2) is 18.2 Å². The lowest BCUT2D eigenvalue weighted by Gasteiger charge is -2.27. The minimum atomic E-state index is -0.616. The third kappa shape index (κ3) is 1.77. The Balaban J connectivity index is 3.29. The van der Waals surface area contributed by atoms with Crippen LogP contribution < -0.4 is 5.73 Å². The van der Waals surface area contributed by atoms with Crippen molar-refractivity contribution in [2.24, 2.45) is 5.73 Å². The van der Waals surface area contributed by atoms with E-state index in [0.29, 0.717) is 6.42 Å². The topological polar surface area (TPSA) is 26.0 Å². The van der Waals surface area contributed by atoms with Crippen molar-refractivity contribution < 1.29 is 8.78 Å². The van der Waals surface area contributed by atoms with E-state index >= 15 is 0 Å².